The highest BCUT2D eigenvalue weighted by molar-refractivity contribution is 4.90. The van der Waals surface area contributed by atoms with E-state index < -0.39 is 0 Å². The Labute approximate surface area is 93.7 Å². The predicted octanol–water partition coefficient (Wildman–Crippen LogP) is 2.41. The smallest absolute Gasteiger partial charge is 0.0664 e. The van der Waals surface area contributed by atoms with Crippen LogP contribution in [0.25, 0.3) is 0 Å². The van der Waals surface area contributed by atoms with Gasteiger partial charge >= 0.3 is 0 Å². The molecule has 1 aliphatic carbocycles. The Morgan fingerprint density at radius 3 is 2.47 bits per heavy atom. The van der Waals surface area contributed by atoms with Crippen LogP contribution in [0.5, 0.6) is 0 Å². The molecular formula is C13H25NO. The molecule has 0 aromatic carbocycles. The number of nitrogens with zero attached hydrogens (tertiary/aromatic N) is 1. The highest BCUT2D eigenvalue weighted by Gasteiger charge is 2.36. The first-order valence-corrected chi connectivity index (χ1v) is 6.64. The number of piperidine rings is 1. The maximum absolute atomic E-state index is 9.72. The predicted molar refractivity (Wildman–Crippen MR) is 62.8 cm³/mol. The van der Waals surface area contributed by atoms with Gasteiger partial charge in [0, 0.05) is 12.1 Å². The molecule has 4 unspecified atom stereocenters. The van der Waals surface area contributed by atoms with Gasteiger partial charge in [-0.3, -0.25) is 4.90 Å². The zero-order chi connectivity index (χ0) is 10.8. The Morgan fingerprint density at radius 1 is 1.07 bits per heavy atom. The highest BCUT2D eigenvalue weighted by Crippen LogP contribution is 2.36. The van der Waals surface area contributed by atoms with E-state index in [0.29, 0.717) is 6.04 Å². The summed E-state index contributed by atoms with van der Waals surface area (Å²) in [6.45, 7) is 5.31. The van der Waals surface area contributed by atoms with Crippen molar-refractivity contribution in [1.82, 2.24) is 4.90 Å². The van der Waals surface area contributed by atoms with Crippen molar-refractivity contribution in [3.8, 4) is 0 Å². The fourth-order valence-electron chi connectivity index (χ4n) is 3.45. The molecule has 2 fully saturated rings. The van der Waals surface area contributed by atoms with Crippen LogP contribution in [-0.2, 0) is 0 Å². The van der Waals surface area contributed by atoms with E-state index in [4.69, 9.17) is 0 Å². The van der Waals surface area contributed by atoms with Crippen molar-refractivity contribution in [1.29, 1.82) is 0 Å². The number of likely N-dealkylation sites (tertiary alicyclic amines) is 1. The molecule has 2 heteroatoms. The van der Waals surface area contributed by atoms with Crippen LogP contribution < -0.4 is 0 Å². The summed E-state index contributed by atoms with van der Waals surface area (Å²) in [4.78, 5) is 2.58. The van der Waals surface area contributed by atoms with Crippen LogP contribution in [0.2, 0.25) is 0 Å². The second kappa shape index (κ2) is 4.84. The first-order valence-electron chi connectivity index (χ1n) is 6.64. The SMILES string of the molecule is CC(O)C(C)N1CCCC2CCCCC21. The van der Waals surface area contributed by atoms with Crippen LogP contribution in [0.15, 0.2) is 0 Å². The highest BCUT2D eigenvalue weighted by atomic mass is 16.3. The van der Waals surface area contributed by atoms with E-state index in [-0.39, 0.29) is 6.10 Å². The molecule has 1 N–H and O–H groups in total. The Morgan fingerprint density at radius 2 is 1.73 bits per heavy atom. The zero-order valence-electron chi connectivity index (χ0n) is 10.2. The molecular weight excluding hydrogens is 186 g/mol. The minimum absolute atomic E-state index is 0.189. The first kappa shape index (κ1) is 11.4. The number of aliphatic hydroxyl groups is 1. The average molecular weight is 211 g/mol. The number of fused-ring (bicyclic) bond motifs is 1. The van der Waals surface area contributed by atoms with Crippen molar-refractivity contribution in [2.24, 2.45) is 5.92 Å². The Balaban J connectivity index is 2.03. The molecule has 0 aromatic heterocycles. The molecule has 1 aliphatic heterocycles. The van der Waals surface area contributed by atoms with Crippen LogP contribution in [-0.4, -0.2) is 34.7 Å². The van der Waals surface area contributed by atoms with E-state index >= 15 is 0 Å². The lowest BCUT2D eigenvalue weighted by molar-refractivity contribution is -0.0141. The van der Waals surface area contributed by atoms with Crippen molar-refractivity contribution in [2.75, 3.05) is 6.54 Å². The summed E-state index contributed by atoms with van der Waals surface area (Å²) >= 11 is 0. The molecule has 2 aliphatic rings. The van der Waals surface area contributed by atoms with Crippen molar-refractivity contribution in [2.45, 2.75) is 70.6 Å². The van der Waals surface area contributed by atoms with E-state index in [1.807, 2.05) is 6.92 Å². The second-order valence-electron chi connectivity index (χ2n) is 5.47. The van der Waals surface area contributed by atoms with Crippen LogP contribution >= 0.6 is 0 Å². The van der Waals surface area contributed by atoms with Gasteiger partial charge in [-0.25, -0.2) is 0 Å². The van der Waals surface area contributed by atoms with Crippen molar-refractivity contribution >= 4 is 0 Å². The third-order valence-electron chi connectivity index (χ3n) is 4.51. The third kappa shape index (κ3) is 2.36. The summed E-state index contributed by atoms with van der Waals surface area (Å²) in [6, 6.07) is 1.12. The maximum atomic E-state index is 9.72. The molecule has 1 saturated carbocycles. The standard InChI is InChI=1S/C13H25NO/c1-10(11(2)15)14-9-5-7-12-6-3-4-8-13(12)14/h10-13,15H,3-9H2,1-2H3. The molecule has 0 radical (unpaired) electrons. The lowest BCUT2D eigenvalue weighted by atomic mass is 9.77. The summed E-state index contributed by atoms with van der Waals surface area (Å²) < 4.78 is 0. The zero-order valence-corrected chi connectivity index (χ0v) is 10.2. The fraction of sp³-hybridized carbons (Fsp3) is 1.00. The van der Waals surface area contributed by atoms with Crippen LogP contribution in [0.1, 0.15) is 52.4 Å². The second-order valence-corrected chi connectivity index (χ2v) is 5.47. The Kier molecular flexibility index (Phi) is 3.68. The summed E-state index contributed by atoms with van der Waals surface area (Å²) in [7, 11) is 0. The van der Waals surface area contributed by atoms with Crippen LogP contribution in [0, 0.1) is 5.92 Å². The molecule has 4 atom stereocenters. The van der Waals surface area contributed by atoms with Gasteiger partial charge in [-0.15, -0.1) is 0 Å². The normalized spacial score (nSPS) is 37.0. The molecule has 1 saturated heterocycles. The van der Waals surface area contributed by atoms with E-state index in [9.17, 15) is 5.11 Å². The molecule has 2 rings (SSSR count). The van der Waals surface area contributed by atoms with Gasteiger partial charge in [0.25, 0.3) is 0 Å². The summed E-state index contributed by atoms with van der Waals surface area (Å²) in [6.07, 6.45) is 8.18. The lowest BCUT2D eigenvalue weighted by Crippen LogP contribution is -2.53. The van der Waals surface area contributed by atoms with E-state index in [2.05, 4.69) is 11.8 Å². The quantitative estimate of drug-likeness (QED) is 0.758. The minimum Gasteiger partial charge on any atom is -0.392 e. The number of hydrogen-bond acceptors (Lipinski definition) is 2. The number of hydrogen-bond donors (Lipinski definition) is 1. The molecule has 88 valence electrons. The molecule has 15 heavy (non-hydrogen) atoms. The van der Waals surface area contributed by atoms with Gasteiger partial charge in [0.15, 0.2) is 0 Å². The van der Waals surface area contributed by atoms with E-state index in [0.717, 1.165) is 12.0 Å². The lowest BCUT2D eigenvalue weighted by Gasteiger charge is -2.47. The molecule has 0 bridgehead atoms. The van der Waals surface area contributed by atoms with Gasteiger partial charge in [-0.05, 0) is 52.0 Å². The van der Waals surface area contributed by atoms with Crippen molar-refractivity contribution in [3.63, 3.8) is 0 Å². The van der Waals surface area contributed by atoms with Crippen LogP contribution in [0.3, 0.4) is 0 Å². The van der Waals surface area contributed by atoms with Gasteiger partial charge < -0.3 is 5.11 Å². The minimum atomic E-state index is -0.189. The van der Waals surface area contributed by atoms with Gasteiger partial charge in [0.2, 0.25) is 0 Å². The largest absolute Gasteiger partial charge is 0.392 e. The number of aliphatic hydroxyl groups excluding tert-OH is 1. The van der Waals surface area contributed by atoms with E-state index in [1.54, 1.807) is 0 Å². The van der Waals surface area contributed by atoms with Crippen molar-refractivity contribution in [3.05, 3.63) is 0 Å². The topological polar surface area (TPSA) is 23.5 Å². The third-order valence-corrected chi connectivity index (χ3v) is 4.51. The molecule has 0 amide bonds. The molecule has 0 spiro atoms. The average Bonchev–Trinajstić information content (AvgIpc) is 2.27. The van der Waals surface area contributed by atoms with Gasteiger partial charge in [-0.1, -0.05) is 12.8 Å². The van der Waals surface area contributed by atoms with Gasteiger partial charge in [0.1, 0.15) is 0 Å². The van der Waals surface area contributed by atoms with Crippen molar-refractivity contribution < 1.29 is 5.11 Å². The van der Waals surface area contributed by atoms with E-state index in [1.165, 1.54) is 45.1 Å². The Hall–Kier alpha value is -0.0800. The molecule has 0 aromatic rings. The van der Waals surface area contributed by atoms with Gasteiger partial charge in [-0.2, -0.15) is 0 Å². The summed E-state index contributed by atoms with van der Waals surface area (Å²) in [5.74, 6) is 0.925. The fourth-order valence-corrected chi connectivity index (χ4v) is 3.45. The number of rotatable bonds is 2. The van der Waals surface area contributed by atoms with Crippen LogP contribution in [0.4, 0.5) is 0 Å². The maximum Gasteiger partial charge on any atom is 0.0664 e. The molecule has 2 nitrogen and oxygen atoms in total. The molecule has 1 heterocycles. The monoisotopic (exact) mass is 211 g/mol. The summed E-state index contributed by atoms with van der Waals surface area (Å²) in [5, 5.41) is 9.72. The van der Waals surface area contributed by atoms with Gasteiger partial charge in [0.05, 0.1) is 6.10 Å². The summed E-state index contributed by atoms with van der Waals surface area (Å²) in [5.41, 5.74) is 0. The Bertz CT molecular complexity index is 203. The first-order chi connectivity index (χ1) is 7.20.